The smallest absolute Gasteiger partial charge is 0.261 e. The molecule has 5 heteroatoms. The van der Waals surface area contributed by atoms with Gasteiger partial charge in [-0.3, -0.25) is 4.79 Å². The van der Waals surface area contributed by atoms with Crippen molar-refractivity contribution >= 4 is 5.91 Å². The van der Waals surface area contributed by atoms with Crippen LogP contribution in [0.2, 0.25) is 0 Å². The normalized spacial score (nSPS) is 13.0. The number of rotatable bonds is 8. The summed E-state index contributed by atoms with van der Waals surface area (Å²) in [5.41, 5.74) is 1.04. The van der Waals surface area contributed by atoms with Crippen LogP contribution in [0.4, 0.5) is 4.39 Å². The number of benzene rings is 2. The van der Waals surface area contributed by atoms with Crippen LogP contribution in [-0.2, 0) is 4.79 Å². The highest BCUT2D eigenvalue weighted by Crippen LogP contribution is 2.18. The van der Waals surface area contributed by atoms with E-state index in [-0.39, 0.29) is 17.7 Å². The molecular weight excluding hydrogens is 321 g/mol. The van der Waals surface area contributed by atoms with Crippen molar-refractivity contribution in [2.24, 2.45) is 0 Å². The van der Waals surface area contributed by atoms with Gasteiger partial charge in [-0.15, -0.1) is 0 Å². The van der Waals surface area contributed by atoms with Crippen molar-refractivity contribution in [3.63, 3.8) is 0 Å². The molecule has 2 atom stereocenters. The second kappa shape index (κ2) is 9.06. The number of carbonyl (C=O) groups excluding carboxylic acids is 1. The Morgan fingerprint density at radius 1 is 1.12 bits per heavy atom. The molecule has 0 radical (unpaired) electrons. The summed E-state index contributed by atoms with van der Waals surface area (Å²) in [5, 5.41) is 2.85. The predicted molar refractivity (Wildman–Crippen MR) is 95.4 cm³/mol. The number of aryl methyl sites for hydroxylation is 1. The monoisotopic (exact) mass is 345 g/mol. The van der Waals surface area contributed by atoms with Gasteiger partial charge >= 0.3 is 0 Å². The van der Waals surface area contributed by atoms with E-state index in [4.69, 9.17) is 9.47 Å². The highest BCUT2D eigenvalue weighted by molar-refractivity contribution is 5.81. The molecule has 0 aliphatic carbocycles. The van der Waals surface area contributed by atoms with Crippen molar-refractivity contribution in [3.05, 3.63) is 59.9 Å². The summed E-state index contributed by atoms with van der Waals surface area (Å²) in [4.78, 5) is 12.4. The van der Waals surface area contributed by atoms with Crippen molar-refractivity contribution in [2.75, 3.05) is 6.61 Å². The van der Waals surface area contributed by atoms with Crippen molar-refractivity contribution in [3.8, 4) is 11.5 Å². The largest absolute Gasteiger partial charge is 0.491 e. The SMILES string of the molecule is CC[C@H](Oc1ccccc1F)C(=O)N[C@@H](C)COc1ccccc1C. The average molecular weight is 345 g/mol. The highest BCUT2D eigenvalue weighted by atomic mass is 19.1. The lowest BCUT2D eigenvalue weighted by Gasteiger charge is -2.21. The lowest BCUT2D eigenvalue weighted by Crippen LogP contribution is -2.44. The van der Waals surface area contributed by atoms with Gasteiger partial charge in [0, 0.05) is 0 Å². The Hall–Kier alpha value is -2.56. The van der Waals surface area contributed by atoms with Crippen molar-refractivity contribution in [1.82, 2.24) is 5.32 Å². The van der Waals surface area contributed by atoms with E-state index in [1.807, 2.05) is 45.0 Å². The van der Waals surface area contributed by atoms with Crippen LogP contribution in [0.25, 0.3) is 0 Å². The van der Waals surface area contributed by atoms with Gasteiger partial charge < -0.3 is 14.8 Å². The molecule has 0 unspecified atom stereocenters. The van der Waals surface area contributed by atoms with E-state index in [1.165, 1.54) is 12.1 Å². The third kappa shape index (κ3) is 5.48. The Kier molecular flexibility index (Phi) is 6.81. The average Bonchev–Trinajstić information content (AvgIpc) is 2.60. The lowest BCUT2D eigenvalue weighted by molar-refractivity contribution is -0.129. The zero-order valence-electron chi connectivity index (χ0n) is 14.8. The van der Waals surface area contributed by atoms with Crippen LogP contribution in [-0.4, -0.2) is 24.7 Å². The molecule has 2 aromatic carbocycles. The number of ether oxygens (including phenoxy) is 2. The van der Waals surface area contributed by atoms with Gasteiger partial charge in [0.25, 0.3) is 5.91 Å². The molecule has 2 rings (SSSR count). The minimum absolute atomic E-state index is 0.0771. The van der Waals surface area contributed by atoms with E-state index < -0.39 is 11.9 Å². The number of halogens is 1. The number of amides is 1. The number of hydrogen-bond donors (Lipinski definition) is 1. The van der Waals surface area contributed by atoms with E-state index >= 15 is 0 Å². The zero-order valence-corrected chi connectivity index (χ0v) is 14.8. The molecule has 0 aliphatic heterocycles. The van der Waals surface area contributed by atoms with E-state index in [0.717, 1.165) is 11.3 Å². The first-order chi connectivity index (χ1) is 12.0. The summed E-state index contributed by atoms with van der Waals surface area (Å²) < 4.78 is 24.9. The number of carbonyl (C=O) groups is 1. The van der Waals surface area contributed by atoms with Crippen molar-refractivity contribution in [2.45, 2.75) is 39.3 Å². The maximum absolute atomic E-state index is 13.7. The summed E-state index contributed by atoms with van der Waals surface area (Å²) in [6.07, 6.45) is -0.316. The van der Waals surface area contributed by atoms with Gasteiger partial charge in [-0.25, -0.2) is 4.39 Å². The quantitative estimate of drug-likeness (QED) is 0.790. The molecule has 4 nitrogen and oxygen atoms in total. The van der Waals surface area contributed by atoms with Gasteiger partial charge in [-0.05, 0) is 44.0 Å². The number of hydrogen-bond acceptors (Lipinski definition) is 3. The zero-order chi connectivity index (χ0) is 18.2. The Bertz CT molecular complexity index is 705. The molecule has 0 saturated carbocycles. The Labute approximate surface area is 148 Å². The van der Waals surface area contributed by atoms with Crippen LogP contribution in [0.15, 0.2) is 48.5 Å². The summed E-state index contributed by atoms with van der Waals surface area (Å²) in [6, 6.07) is 13.6. The van der Waals surface area contributed by atoms with Crippen LogP contribution in [0, 0.1) is 12.7 Å². The predicted octanol–water partition coefficient (Wildman–Crippen LogP) is 3.88. The van der Waals surface area contributed by atoms with Crippen LogP contribution in [0.3, 0.4) is 0 Å². The van der Waals surface area contributed by atoms with Crippen LogP contribution < -0.4 is 14.8 Å². The molecule has 0 saturated heterocycles. The second-order valence-corrected chi connectivity index (χ2v) is 5.93. The highest BCUT2D eigenvalue weighted by Gasteiger charge is 2.21. The number of para-hydroxylation sites is 2. The Morgan fingerprint density at radius 2 is 1.76 bits per heavy atom. The van der Waals surface area contributed by atoms with Crippen LogP contribution in [0.5, 0.6) is 11.5 Å². The topological polar surface area (TPSA) is 47.6 Å². The molecule has 2 aromatic rings. The molecule has 134 valence electrons. The molecule has 0 aliphatic rings. The van der Waals surface area contributed by atoms with E-state index in [9.17, 15) is 9.18 Å². The fourth-order valence-electron chi connectivity index (χ4n) is 2.33. The van der Waals surface area contributed by atoms with Gasteiger partial charge in [0.2, 0.25) is 0 Å². The van der Waals surface area contributed by atoms with E-state index in [1.54, 1.807) is 12.1 Å². The second-order valence-electron chi connectivity index (χ2n) is 5.93. The Morgan fingerprint density at radius 3 is 2.40 bits per heavy atom. The van der Waals surface area contributed by atoms with Crippen LogP contribution >= 0.6 is 0 Å². The van der Waals surface area contributed by atoms with Crippen molar-refractivity contribution < 1.29 is 18.7 Å². The maximum atomic E-state index is 13.7. The summed E-state index contributed by atoms with van der Waals surface area (Å²) in [5.74, 6) is 0.0999. The molecule has 0 heterocycles. The lowest BCUT2D eigenvalue weighted by atomic mass is 10.2. The molecule has 1 amide bonds. The first-order valence-electron chi connectivity index (χ1n) is 8.41. The van der Waals surface area contributed by atoms with Gasteiger partial charge in [-0.2, -0.15) is 0 Å². The number of nitrogens with one attached hydrogen (secondary N) is 1. The molecule has 0 spiro atoms. The fraction of sp³-hybridized carbons (Fsp3) is 0.350. The van der Waals surface area contributed by atoms with E-state index in [2.05, 4.69) is 5.32 Å². The standard InChI is InChI=1S/C20H24FNO3/c1-4-17(25-19-12-8-6-10-16(19)21)20(23)22-15(3)13-24-18-11-7-5-9-14(18)2/h5-12,15,17H,4,13H2,1-3H3,(H,22,23)/t15-,17-/m0/s1. The van der Waals surface area contributed by atoms with Gasteiger partial charge in [0.15, 0.2) is 17.7 Å². The maximum Gasteiger partial charge on any atom is 0.261 e. The fourth-order valence-corrected chi connectivity index (χ4v) is 2.33. The first kappa shape index (κ1) is 18.8. The Balaban J connectivity index is 1.88. The molecular formula is C20H24FNO3. The summed E-state index contributed by atoms with van der Waals surface area (Å²) >= 11 is 0. The molecule has 0 aromatic heterocycles. The third-order valence-corrected chi connectivity index (χ3v) is 3.74. The van der Waals surface area contributed by atoms with Gasteiger partial charge in [0.1, 0.15) is 12.4 Å². The minimum Gasteiger partial charge on any atom is -0.491 e. The molecule has 0 fully saturated rings. The van der Waals surface area contributed by atoms with Crippen LogP contribution in [0.1, 0.15) is 25.8 Å². The summed E-state index contributed by atoms with van der Waals surface area (Å²) in [7, 11) is 0. The summed E-state index contributed by atoms with van der Waals surface area (Å²) in [6.45, 7) is 5.98. The van der Waals surface area contributed by atoms with Crippen molar-refractivity contribution in [1.29, 1.82) is 0 Å². The first-order valence-corrected chi connectivity index (χ1v) is 8.41. The molecule has 25 heavy (non-hydrogen) atoms. The minimum atomic E-state index is -0.752. The van der Waals surface area contributed by atoms with E-state index in [0.29, 0.717) is 13.0 Å². The molecule has 0 bridgehead atoms. The molecule has 1 N–H and O–H groups in total. The van der Waals surface area contributed by atoms with Gasteiger partial charge in [-0.1, -0.05) is 37.3 Å². The van der Waals surface area contributed by atoms with Gasteiger partial charge in [0.05, 0.1) is 6.04 Å². The third-order valence-electron chi connectivity index (χ3n) is 3.74.